The number of hydrogen-bond donors (Lipinski definition) is 0. The number of ether oxygens (including phenoxy) is 2. The van der Waals surface area contributed by atoms with Crippen LogP contribution in [-0.4, -0.2) is 17.5 Å². The molecule has 0 bridgehead atoms. The zero-order valence-corrected chi connectivity index (χ0v) is 13.7. The second-order valence-electron chi connectivity index (χ2n) is 5.36. The Balaban J connectivity index is 2.03. The fourth-order valence-electron chi connectivity index (χ4n) is 2.11. The second-order valence-corrected chi connectivity index (χ2v) is 5.36. The van der Waals surface area contributed by atoms with E-state index in [0.717, 1.165) is 11.1 Å². The van der Waals surface area contributed by atoms with Crippen molar-refractivity contribution >= 4 is 11.7 Å². The van der Waals surface area contributed by atoms with Gasteiger partial charge in [-0.15, -0.1) is 6.42 Å². The number of rotatable bonds is 7. The number of aryl methyl sites for hydroxylation is 1. The third-order valence-electron chi connectivity index (χ3n) is 3.43. The number of hydrogen-bond acceptors (Lipinski definition) is 5. The van der Waals surface area contributed by atoms with Crippen molar-refractivity contribution in [3.63, 3.8) is 0 Å². The van der Waals surface area contributed by atoms with Gasteiger partial charge in [-0.05, 0) is 18.6 Å². The molecule has 0 N–H and O–H groups in total. The molecule has 2 aromatic carbocycles. The van der Waals surface area contributed by atoms with Crippen molar-refractivity contribution in [3.05, 3.63) is 69.3 Å². The van der Waals surface area contributed by atoms with Gasteiger partial charge in [-0.1, -0.05) is 35.7 Å². The van der Waals surface area contributed by atoms with E-state index in [1.54, 1.807) is 0 Å². The lowest BCUT2D eigenvalue weighted by molar-refractivity contribution is -0.385. The lowest BCUT2D eigenvalue weighted by Gasteiger charge is -2.10. The summed E-state index contributed by atoms with van der Waals surface area (Å²) in [5.41, 5.74) is 2.35. The SMILES string of the molecule is C#CCOc1cc([N+](=O)[O-])ccc1COC(=O)Cc1ccc(C)cc1. The average Bonchev–Trinajstić information content (AvgIpc) is 2.60. The molecule has 0 fully saturated rings. The third-order valence-corrected chi connectivity index (χ3v) is 3.43. The summed E-state index contributed by atoms with van der Waals surface area (Å²) in [5, 5.41) is 10.9. The van der Waals surface area contributed by atoms with Crippen LogP contribution in [0.4, 0.5) is 5.69 Å². The lowest BCUT2D eigenvalue weighted by Crippen LogP contribution is -2.09. The monoisotopic (exact) mass is 339 g/mol. The van der Waals surface area contributed by atoms with Crippen molar-refractivity contribution in [1.82, 2.24) is 0 Å². The quantitative estimate of drug-likeness (QED) is 0.335. The Kier molecular flexibility index (Phi) is 6.13. The largest absolute Gasteiger partial charge is 0.480 e. The molecule has 6 nitrogen and oxygen atoms in total. The van der Waals surface area contributed by atoms with Crippen molar-refractivity contribution in [2.75, 3.05) is 6.61 Å². The highest BCUT2D eigenvalue weighted by Crippen LogP contribution is 2.25. The van der Waals surface area contributed by atoms with Gasteiger partial charge >= 0.3 is 5.97 Å². The van der Waals surface area contributed by atoms with Crippen molar-refractivity contribution in [2.24, 2.45) is 0 Å². The molecule has 2 rings (SSSR count). The Morgan fingerprint density at radius 3 is 2.60 bits per heavy atom. The number of carbonyl (C=O) groups is 1. The summed E-state index contributed by atoms with van der Waals surface area (Å²) in [4.78, 5) is 22.3. The van der Waals surface area contributed by atoms with E-state index < -0.39 is 10.9 Å². The number of terminal acetylenes is 1. The molecule has 25 heavy (non-hydrogen) atoms. The zero-order chi connectivity index (χ0) is 18.2. The van der Waals surface area contributed by atoms with Crippen LogP contribution >= 0.6 is 0 Å². The van der Waals surface area contributed by atoms with Gasteiger partial charge in [0.25, 0.3) is 5.69 Å². The Labute approximate surface area is 145 Å². The third kappa shape index (κ3) is 5.36. The maximum atomic E-state index is 12.0. The molecular weight excluding hydrogens is 322 g/mol. The van der Waals surface area contributed by atoms with Crippen LogP contribution in [0.3, 0.4) is 0 Å². The maximum Gasteiger partial charge on any atom is 0.310 e. The molecule has 128 valence electrons. The minimum absolute atomic E-state index is 0.0362. The van der Waals surface area contributed by atoms with E-state index in [-0.39, 0.29) is 31.1 Å². The molecule has 2 aromatic rings. The first-order chi connectivity index (χ1) is 12.0. The number of nitro benzene ring substituents is 1. The van der Waals surface area contributed by atoms with Crippen LogP contribution in [0.2, 0.25) is 0 Å². The van der Waals surface area contributed by atoms with Crippen LogP contribution in [0.15, 0.2) is 42.5 Å². The number of nitrogens with zero attached hydrogens (tertiary/aromatic N) is 1. The van der Waals surface area contributed by atoms with Gasteiger partial charge in [0, 0.05) is 11.6 Å². The second kappa shape index (κ2) is 8.50. The zero-order valence-electron chi connectivity index (χ0n) is 13.7. The predicted octanol–water partition coefficient (Wildman–Crippen LogP) is 3.20. The van der Waals surface area contributed by atoms with Crippen molar-refractivity contribution in [2.45, 2.75) is 20.0 Å². The predicted molar refractivity (Wildman–Crippen MR) is 92.1 cm³/mol. The number of non-ortho nitro benzene ring substituents is 1. The maximum absolute atomic E-state index is 12.0. The number of nitro groups is 1. The number of carbonyl (C=O) groups excluding carboxylic acids is 1. The highest BCUT2D eigenvalue weighted by Gasteiger charge is 2.14. The standard InChI is InChI=1S/C19H17NO5/c1-3-10-24-18-12-17(20(22)23)9-8-16(18)13-25-19(21)11-15-6-4-14(2)5-7-15/h1,4-9,12H,10-11,13H2,2H3. The summed E-state index contributed by atoms with van der Waals surface area (Å²) >= 11 is 0. The summed E-state index contributed by atoms with van der Waals surface area (Å²) in [6, 6.07) is 11.7. The molecule has 6 heteroatoms. The van der Waals surface area contributed by atoms with Gasteiger partial charge in [-0.2, -0.15) is 0 Å². The molecule has 0 aromatic heterocycles. The molecule has 0 aliphatic carbocycles. The van der Waals surface area contributed by atoms with Crippen LogP contribution in [0, 0.1) is 29.4 Å². The molecule has 0 aliphatic rings. The van der Waals surface area contributed by atoms with Crippen molar-refractivity contribution in [1.29, 1.82) is 0 Å². The fourth-order valence-corrected chi connectivity index (χ4v) is 2.11. The molecule has 0 radical (unpaired) electrons. The molecule has 0 unspecified atom stereocenters. The Hall–Kier alpha value is -3.33. The number of benzene rings is 2. The molecule has 0 heterocycles. The van der Waals surface area contributed by atoms with Crippen molar-refractivity contribution < 1.29 is 19.2 Å². The van der Waals surface area contributed by atoms with Gasteiger partial charge in [-0.25, -0.2) is 0 Å². The van der Waals surface area contributed by atoms with Crippen LogP contribution in [0.5, 0.6) is 5.75 Å². The Bertz CT molecular complexity index is 806. The summed E-state index contributed by atoms with van der Waals surface area (Å²) in [5.74, 6) is 2.13. The smallest absolute Gasteiger partial charge is 0.310 e. The van der Waals surface area contributed by atoms with E-state index >= 15 is 0 Å². The summed E-state index contributed by atoms with van der Waals surface area (Å²) in [6.45, 7) is 1.88. The van der Waals surface area contributed by atoms with E-state index in [9.17, 15) is 14.9 Å². The fraction of sp³-hybridized carbons (Fsp3) is 0.211. The highest BCUT2D eigenvalue weighted by atomic mass is 16.6. The first-order valence-electron chi connectivity index (χ1n) is 7.54. The lowest BCUT2D eigenvalue weighted by atomic mass is 10.1. The first-order valence-corrected chi connectivity index (χ1v) is 7.54. The molecule has 0 atom stereocenters. The van der Waals surface area contributed by atoms with Gasteiger partial charge in [-0.3, -0.25) is 14.9 Å². The molecule has 0 saturated heterocycles. The van der Waals surface area contributed by atoms with Crippen LogP contribution < -0.4 is 4.74 Å². The van der Waals surface area contributed by atoms with Crippen LogP contribution in [0.25, 0.3) is 0 Å². The van der Waals surface area contributed by atoms with Crippen LogP contribution in [0.1, 0.15) is 16.7 Å². The summed E-state index contributed by atoms with van der Waals surface area (Å²) in [7, 11) is 0. The normalized spacial score (nSPS) is 9.92. The minimum atomic E-state index is -0.532. The Morgan fingerprint density at radius 2 is 1.96 bits per heavy atom. The summed E-state index contributed by atoms with van der Waals surface area (Å²) < 4.78 is 10.6. The highest BCUT2D eigenvalue weighted by molar-refractivity contribution is 5.72. The summed E-state index contributed by atoms with van der Waals surface area (Å²) in [6.07, 6.45) is 5.30. The first kappa shape index (κ1) is 18.0. The van der Waals surface area contributed by atoms with E-state index in [4.69, 9.17) is 15.9 Å². The van der Waals surface area contributed by atoms with Gasteiger partial charge in [0.1, 0.15) is 19.0 Å². The van der Waals surface area contributed by atoms with E-state index in [0.29, 0.717) is 5.56 Å². The van der Waals surface area contributed by atoms with Gasteiger partial charge in [0.15, 0.2) is 0 Å². The molecule has 0 aliphatic heterocycles. The van der Waals surface area contributed by atoms with Crippen molar-refractivity contribution in [3.8, 4) is 18.1 Å². The van der Waals surface area contributed by atoms with E-state index in [1.807, 2.05) is 31.2 Å². The van der Waals surface area contributed by atoms with Gasteiger partial charge in [0.05, 0.1) is 17.4 Å². The van der Waals surface area contributed by atoms with Crippen LogP contribution in [-0.2, 0) is 22.6 Å². The molecular formula is C19H17NO5. The minimum Gasteiger partial charge on any atom is -0.480 e. The molecule has 0 amide bonds. The average molecular weight is 339 g/mol. The molecule has 0 saturated carbocycles. The topological polar surface area (TPSA) is 78.7 Å². The van der Waals surface area contributed by atoms with E-state index in [1.165, 1.54) is 18.2 Å². The van der Waals surface area contributed by atoms with Gasteiger partial charge < -0.3 is 9.47 Å². The van der Waals surface area contributed by atoms with E-state index in [2.05, 4.69) is 5.92 Å². The molecule has 0 spiro atoms. The number of esters is 1. The van der Waals surface area contributed by atoms with Gasteiger partial charge in [0.2, 0.25) is 0 Å². The Morgan fingerprint density at radius 1 is 1.24 bits per heavy atom.